The van der Waals surface area contributed by atoms with Gasteiger partial charge in [0.05, 0.1) is 0 Å². The highest BCUT2D eigenvalue weighted by atomic mass is 16.2. The fraction of sp³-hybridized carbons (Fsp3) is 0.938. The van der Waals surface area contributed by atoms with E-state index in [1.165, 1.54) is 0 Å². The number of hydrogen-bond acceptors (Lipinski definition) is 3. The van der Waals surface area contributed by atoms with Crippen molar-refractivity contribution in [2.45, 2.75) is 52.0 Å². The van der Waals surface area contributed by atoms with Crippen LogP contribution >= 0.6 is 0 Å². The van der Waals surface area contributed by atoms with Gasteiger partial charge in [0.15, 0.2) is 0 Å². The molecule has 2 N–H and O–H groups in total. The lowest BCUT2D eigenvalue weighted by molar-refractivity contribution is -0.136. The molecule has 0 aromatic carbocycles. The number of piperidine rings is 1. The van der Waals surface area contributed by atoms with E-state index in [2.05, 4.69) is 30.8 Å². The predicted octanol–water partition coefficient (Wildman–Crippen LogP) is 1.94. The largest absolute Gasteiger partial charge is 0.342 e. The van der Waals surface area contributed by atoms with Crippen LogP contribution in [-0.2, 0) is 4.79 Å². The Balaban J connectivity index is 2.27. The fourth-order valence-corrected chi connectivity index (χ4v) is 3.03. The number of carbonyl (C=O) groups excluding carboxylic acids is 1. The van der Waals surface area contributed by atoms with Gasteiger partial charge in [-0.25, -0.2) is 0 Å². The van der Waals surface area contributed by atoms with Crippen LogP contribution in [0.25, 0.3) is 0 Å². The lowest BCUT2D eigenvalue weighted by Crippen LogP contribution is -2.42. The Kier molecular flexibility index (Phi) is 7.52. The fourth-order valence-electron chi connectivity index (χ4n) is 3.03. The van der Waals surface area contributed by atoms with Gasteiger partial charge in [-0.15, -0.1) is 0 Å². The van der Waals surface area contributed by atoms with Gasteiger partial charge < -0.3 is 15.5 Å². The highest BCUT2D eigenvalue weighted by Gasteiger charge is 2.25. The quantitative estimate of drug-likeness (QED) is 0.777. The van der Waals surface area contributed by atoms with Gasteiger partial charge in [0.1, 0.15) is 0 Å². The lowest BCUT2D eigenvalue weighted by Gasteiger charge is -2.34. The molecule has 0 spiro atoms. The molecule has 4 heteroatoms. The van der Waals surface area contributed by atoms with Crippen molar-refractivity contribution in [1.82, 2.24) is 9.80 Å². The number of rotatable bonds is 7. The summed E-state index contributed by atoms with van der Waals surface area (Å²) in [5, 5.41) is 0. The second-order valence-electron chi connectivity index (χ2n) is 6.84. The highest BCUT2D eigenvalue weighted by Crippen LogP contribution is 2.21. The van der Waals surface area contributed by atoms with Gasteiger partial charge in [-0.05, 0) is 52.6 Å². The summed E-state index contributed by atoms with van der Waals surface area (Å²) in [4.78, 5) is 16.7. The summed E-state index contributed by atoms with van der Waals surface area (Å²) in [6.07, 6.45) is 5.34. The zero-order valence-electron chi connectivity index (χ0n) is 13.8. The first-order valence-corrected chi connectivity index (χ1v) is 8.09. The Morgan fingerprint density at radius 1 is 1.25 bits per heavy atom. The van der Waals surface area contributed by atoms with Gasteiger partial charge in [-0.1, -0.05) is 13.3 Å². The van der Waals surface area contributed by atoms with Crippen molar-refractivity contribution in [1.29, 1.82) is 0 Å². The summed E-state index contributed by atoms with van der Waals surface area (Å²) < 4.78 is 0. The molecule has 1 saturated heterocycles. The van der Waals surface area contributed by atoms with Crippen LogP contribution in [0.4, 0.5) is 0 Å². The molecule has 1 rings (SSSR count). The molecule has 1 aliphatic heterocycles. The van der Waals surface area contributed by atoms with Gasteiger partial charge in [0.25, 0.3) is 0 Å². The van der Waals surface area contributed by atoms with Crippen LogP contribution in [0.2, 0.25) is 0 Å². The van der Waals surface area contributed by atoms with Gasteiger partial charge in [0, 0.05) is 31.6 Å². The van der Waals surface area contributed by atoms with Crippen molar-refractivity contribution >= 4 is 5.91 Å². The molecule has 0 bridgehead atoms. The maximum absolute atomic E-state index is 12.4. The Bertz CT molecular complexity index is 283. The number of carbonyl (C=O) groups is 1. The van der Waals surface area contributed by atoms with E-state index in [1.807, 2.05) is 6.92 Å². The first-order valence-electron chi connectivity index (χ1n) is 8.09. The van der Waals surface area contributed by atoms with Crippen LogP contribution in [0.5, 0.6) is 0 Å². The third-order valence-corrected chi connectivity index (χ3v) is 4.27. The molecule has 1 aliphatic rings. The average Bonchev–Trinajstić information content (AvgIpc) is 2.37. The number of nitrogens with two attached hydrogens (primary N) is 1. The summed E-state index contributed by atoms with van der Waals surface area (Å²) in [5.41, 5.74) is 5.75. The molecule has 1 amide bonds. The van der Waals surface area contributed by atoms with E-state index in [0.29, 0.717) is 5.91 Å². The summed E-state index contributed by atoms with van der Waals surface area (Å²) in [7, 11) is 4.25. The Hall–Kier alpha value is -0.610. The maximum Gasteiger partial charge on any atom is 0.225 e. The number of hydrogen-bond donors (Lipinski definition) is 1. The van der Waals surface area contributed by atoms with Crippen LogP contribution in [0, 0.1) is 11.8 Å². The monoisotopic (exact) mass is 283 g/mol. The standard InChI is InChI=1S/C16H33N3O/c1-13(6-5-7-14(2)17)16(20)19-10-8-15(9-11-19)12-18(3)4/h13-15H,5-12,17H2,1-4H3. The smallest absolute Gasteiger partial charge is 0.225 e. The minimum Gasteiger partial charge on any atom is -0.342 e. The number of amides is 1. The molecular weight excluding hydrogens is 250 g/mol. The summed E-state index contributed by atoms with van der Waals surface area (Å²) in [6.45, 7) is 7.12. The van der Waals surface area contributed by atoms with Crippen LogP contribution < -0.4 is 5.73 Å². The van der Waals surface area contributed by atoms with Crippen molar-refractivity contribution in [3.63, 3.8) is 0 Å². The van der Waals surface area contributed by atoms with Crippen LogP contribution in [-0.4, -0.2) is 55.5 Å². The Labute approximate surface area is 124 Å². The molecule has 0 aliphatic carbocycles. The maximum atomic E-state index is 12.4. The Morgan fingerprint density at radius 3 is 2.35 bits per heavy atom. The topological polar surface area (TPSA) is 49.6 Å². The van der Waals surface area contributed by atoms with Crippen molar-refractivity contribution in [3.8, 4) is 0 Å². The molecule has 1 heterocycles. The number of nitrogens with zero attached hydrogens (tertiary/aromatic N) is 2. The van der Waals surface area contributed by atoms with E-state index in [0.717, 1.165) is 57.7 Å². The molecule has 0 aromatic heterocycles. The van der Waals surface area contributed by atoms with Gasteiger partial charge in [-0.2, -0.15) is 0 Å². The normalized spacial score (nSPS) is 20.2. The molecule has 118 valence electrons. The van der Waals surface area contributed by atoms with Crippen LogP contribution in [0.1, 0.15) is 46.0 Å². The molecule has 2 unspecified atom stereocenters. The SMILES string of the molecule is CC(N)CCCC(C)C(=O)N1CCC(CN(C)C)CC1. The predicted molar refractivity (Wildman–Crippen MR) is 84.5 cm³/mol. The van der Waals surface area contributed by atoms with E-state index >= 15 is 0 Å². The van der Waals surface area contributed by atoms with Crippen molar-refractivity contribution in [2.75, 3.05) is 33.7 Å². The molecular formula is C16H33N3O. The van der Waals surface area contributed by atoms with Gasteiger partial charge >= 0.3 is 0 Å². The summed E-state index contributed by atoms with van der Waals surface area (Å²) >= 11 is 0. The minimum atomic E-state index is 0.152. The average molecular weight is 283 g/mol. The second kappa shape index (κ2) is 8.63. The van der Waals surface area contributed by atoms with E-state index in [-0.39, 0.29) is 12.0 Å². The second-order valence-corrected chi connectivity index (χ2v) is 6.84. The van der Waals surface area contributed by atoms with E-state index in [4.69, 9.17) is 5.73 Å². The molecule has 20 heavy (non-hydrogen) atoms. The molecule has 0 radical (unpaired) electrons. The van der Waals surface area contributed by atoms with E-state index < -0.39 is 0 Å². The first kappa shape index (κ1) is 17.4. The third-order valence-electron chi connectivity index (χ3n) is 4.27. The van der Waals surface area contributed by atoms with Crippen molar-refractivity contribution in [2.24, 2.45) is 17.6 Å². The van der Waals surface area contributed by atoms with Crippen LogP contribution in [0.15, 0.2) is 0 Å². The first-order chi connectivity index (χ1) is 9.40. The Morgan fingerprint density at radius 2 is 1.85 bits per heavy atom. The molecule has 4 nitrogen and oxygen atoms in total. The highest BCUT2D eigenvalue weighted by molar-refractivity contribution is 5.78. The summed E-state index contributed by atoms with van der Waals surface area (Å²) in [5.74, 6) is 1.25. The molecule has 0 saturated carbocycles. The minimum absolute atomic E-state index is 0.152. The third kappa shape index (κ3) is 6.23. The molecule has 1 fully saturated rings. The summed E-state index contributed by atoms with van der Waals surface area (Å²) in [6, 6.07) is 0.249. The lowest BCUT2D eigenvalue weighted by atomic mass is 9.94. The number of likely N-dealkylation sites (tertiary alicyclic amines) is 1. The zero-order chi connectivity index (χ0) is 15.1. The van der Waals surface area contributed by atoms with Gasteiger partial charge in [-0.3, -0.25) is 4.79 Å². The van der Waals surface area contributed by atoms with Crippen molar-refractivity contribution < 1.29 is 4.79 Å². The molecule has 2 atom stereocenters. The van der Waals surface area contributed by atoms with E-state index in [9.17, 15) is 4.79 Å². The molecule has 0 aromatic rings. The van der Waals surface area contributed by atoms with E-state index in [1.54, 1.807) is 0 Å². The van der Waals surface area contributed by atoms with Crippen LogP contribution in [0.3, 0.4) is 0 Å². The van der Waals surface area contributed by atoms with Crippen molar-refractivity contribution in [3.05, 3.63) is 0 Å². The van der Waals surface area contributed by atoms with Gasteiger partial charge in [0.2, 0.25) is 5.91 Å². The zero-order valence-corrected chi connectivity index (χ0v) is 13.8.